The SMILES string of the molecule is CC(C)n1nc(-c2nc(C=Cc3ccccc3)c(N)nc2-c2ccccc2)ccc1=O. The van der Waals surface area contributed by atoms with E-state index < -0.39 is 0 Å². The number of nitrogens with zero attached hydrogens (tertiary/aromatic N) is 4. The van der Waals surface area contributed by atoms with Gasteiger partial charge in [-0.15, -0.1) is 0 Å². The van der Waals surface area contributed by atoms with Gasteiger partial charge >= 0.3 is 0 Å². The zero-order valence-corrected chi connectivity index (χ0v) is 17.4. The number of aromatic nitrogens is 4. The van der Waals surface area contributed by atoms with Gasteiger partial charge in [0.05, 0.1) is 6.04 Å². The molecule has 31 heavy (non-hydrogen) atoms. The minimum Gasteiger partial charge on any atom is -0.382 e. The maximum atomic E-state index is 12.2. The lowest BCUT2D eigenvalue weighted by Crippen LogP contribution is -2.24. The summed E-state index contributed by atoms with van der Waals surface area (Å²) in [5, 5.41) is 4.55. The standard InChI is InChI=1S/C25H23N5O/c1-17(2)30-22(31)16-15-20(29-30)24-23(19-11-7-4-8-12-19)28-25(26)21(27-24)14-13-18-9-5-3-6-10-18/h3-17H,1-2H3,(H2,26,28). The van der Waals surface area contributed by atoms with Crippen LogP contribution in [0.2, 0.25) is 0 Å². The first-order chi connectivity index (χ1) is 15.0. The maximum absolute atomic E-state index is 12.2. The van der Waals surface area contributed by atoms with E-state index in [0.29, 0.717) is 28.6 Å². The summed E-state index contributed by atoms with van der Waals surface area (Å²) in [6, 6.07) is 22.7. The quantitative estimate of drug-likeness (QED) is 0.516. The number of anilines is 1. The summed E-state index contributed by atoms with van der Waals surface area (Å²) in [5.41, 5.74) is 10.3. The summed E-state index contributed by atoms with van der Waals surface area (Å²) >= 11 is 0. The lowest BCUT2D eigenvalue weighted by atomic mass is 10.1. The normalized spacial score (nSPS) is 11.3. The van der Waals surface area contributed by atoms with Gasteiger partial charge in [-0.25, -0.2) is 14.6 Å². The lowest BCUT2D eigenvalue weighted by Gasteiger charge is -2.13. The van der Waals surface area contributed by atoms with Crippen LogP contribution in [0, 0.1) is 0 Å². The fourth-order valence-electron chi connectivity index (χ4n) is 3.22. The molecule has 0 spiro atoms. The van der Waals surface area contributed by atoms with E-state index in [4.69, 9.17) is 10.7 Å². The third-order valence-corrected chi connectivity index (χ3v) is 4.79. The predicted molar refractivity (Wildman–Crippen MR) is 125 cm³/mol. The molecular formula is C25H23N5O. The molecule has 2 heterocycles. The molecular weight excluding hydrogens is 386 g/mol. The number of nitrogens with two attached hydrogens (primary N) is 1. The fraction of sp³-hybridized carbons (Fsp3) is 0.120. The van der Waals surface area contributed by atoms with Crippen LogP contribution in [0.15, 0.2) is 77.6 Å². The highest BCUT2D eigenvalue weighted by Gasteiger charge is 2.17. The van der Waals surface area contributed by atoms with Crippen LogP contribution in [0.1, 0.15) is 31.1 Å². The molecule has 2 N–H and O–H groups in total. The summed E-state index contributed by atoms with van der Waals surface area (Å²) in [7, 11) is 0. The fourth-order valence-corrected chi connectivity index (χ4v) is 3.22. The second kappa shape index (κ2) is 8.75. The topological polar surface area (TPSA) is 86.7 Å². The highest BCUT2D eigenvalue weighted by Crippen LogP contribution is 2.30. The van der Waals surface area contributed by atoms with Crippen LogP contribution in [0.3, 0.4) is 0 Å². The van der Waals surface area contributed by atoms with E-state index in [0.717, 1.165) is 11.1 Å². The smallest absolute Gasteiger partial charge is 0.267 e. The molecule has 2 aromatic carbocycles. The Balaban J connectivity index is 1.89. The molecule has 0 unspecified atom stereocenters. The van der Waals surface area contributed by atoms with Gasteiger partial charge in [0.2, 0.25) is 0 Å². The molecule has 0 aliphatic rings. The molecule has 4 rings (SSSR count). The summed E-state index contributed by atoms with van der Waals surface area (Å²) in [6.45, 7) is 3.83. The number of nitrogen functional groups attached to an aromatic ring is 1. The Morgan fingerprint density at radius 3 is 2.19 bits per heavy atom. The van der Waals surface area contributed by atoms with Crippen LogP contribution in [-0.4, -0.2) is 19.7 Å². The number of rotatable bonds is 5. The van der Waals surface area contributed by atoms with Crippen LogP contribution in [0.5, 0.6) is 0 Å². The Bertz CT molecular complexity index is 1280. The summed E-state index contributed by atoms with van der Waals surface area (Å²) in [6.07, 6.45) is 3.78. The second-order valence-electron chi connectivity index (χ2n) is 7.40. The summed E-state index contributed by atoms with van der Waals surface area (Å²) < 4.78 is 1.45. The number of hydrogen-bond donors (Lipinski definition) is 1. The minimum absolute atomic E-state index is 0.0770. The molecule has 0 bridgehead atoms. The maximum Gasteiger partial charge on any atom is 0.267 e. The predicted octanol–water partition coefficient (Wildman–Crippen LogP) is 4.70. The van der Waals surface area contributed by atoms with Gasteiger partial charge in [0.25, 0.3) is 5.56 Å². The van der Waals surface area contributed by atoms with E-state index in [1.54, 1.807) is 6.07 Å². The van der Waals surface area contributed by atoms with Crippen molar-refractivity contribution < 1.29 is 0 Å². The van der Waals surface area contributed by atoms with Crippen molar-refractivity contribution in [3.8, 4) is 22.6 Å². The zero-order chi connectivity index (χ0) is 21.8. The van der Waals surface area contributed by atoms with Crippen molar-refractivity contribution in [2.24, 2.45) is 0 Å². The van der Waals surface area contributed by atoms with E-state index in [1.165, 1.54) is 10.7 Å². The highest BCUT2D eigenvalue weighted by atomic mass is 16.1. The molecule has 0 atom stereocenters. The number of benzene rings is 2. The average molecular weight is 409 g/mol. The molecule has 0 aliphatic carbocycles. The van der Waals surface area contributed by atoms with Crippen molar-refractivity contribution in [3.63, 3.8) is 0 Å². The van der Waals surface area contributed by atoms with E-state index in [9.17, 15) is 4.79 Å². The average Bonchev–Trinajstić information content (AvgIpc) is 2.79. The van der Waals surface area contributed by atoms with Gasteiger partial charge in [0.15, 0.2) is 0 Å². The lowest BCUT2D eigenvalue weighted by molar-refractivity contribution is 0.504. The Labute approximate surface area is 180 Å². The van der Waals surface area contributed by atoms with Crippen molar-refractivity contribution in [2.45, 2.75) is 19.9 Å². The summed E-state index contributed by atoms with van der Waals surface area (Å²) in [5.74, 6) is 0.326. The Hall–Kier alpha value is -4.06. The molecule has 0 saturated carbocycles. The first kappa shape index (κ1) is 20.2. The molecule has 4 aromatic rings. The van der Waals surface area contributed by atoms with Gasteiger partial charge in [-0.2, -0.15) is 5.10 Å². The Morgan fingerprint density at radius 1 is 0.839 bits per heavy atom. The molecule has 0 aliphatic heterocycles. The van der Waals surface area contributed by atoms with Gasteiger partial charge in [0.1, 0.15) is 28.6 Å². The first-order valence-corrected chi connectivity index (χ1v) is 10.1. The van der Waals surface area contributed by atoms with Crippen LogP contribution < -0.4 is 11.3 Å². The zero-order valence-electron chi connectivity index (χ0n) is 17.4. The molecule has 154 valence electrons. The van der Waals surface area contributed by atoms with Crippen molar-refractivity contribution in [1.29, 1.82) is 0 Å². The van der Waals surface area contributed by atoms with Crippen molar-refractivity contribution in [3.05, 3.63) is 94.4 Å². The van der Waals surface area contributed by atoms with Gasteiger partial charge in [-0.1, -0.05) is 66.7 Å². The molecule has 2 aromatic heterocycles. The monoisotopic (exact) mass is 409 g/mol. The largest absolute Gasteiger partial charge is 0.382 e. The summed E-state index contributed by atoms with van der Waals surface area (Å²) in [4.78, 5) is 21.7. The van der Waals surface area contributed by atoms with Crippen molar-refractivity contribution >= 4 is 18.0 Å². The van der Waals surface area contributed by atoms with Crippen LogP contribution in [-0.2, 0) is 0 Å². The molecule has 0 saturated heterocycles. The molecule has 0 radical (unpaired) electrons. The van der Waals surface area contributed by atoms with Gasteiger partial charge in [-0.3, -0.25) is 4.79 Å². The Morgan fingerprint density at radius 2 is 1.52 bits per heavy atom. The van der Waals surface area contributed by atoms with Gasteiger partial charge in [-0.05, 0) is 31.6 Å². The van der Waals surface area contributed by atoms with E-state index in [1.807, 2.05) is 86.7 Å². The van der Waals surface area contributed by atoms with E-state index in [2.05, 4.69) is 10.1 Å². The van der Waals surface area contributed by atoms with Crippen LogP contribution >= 0.6 is 0 Å². The third-order valence-electron chi connectivity index (χ3n) is 4.79. The van der Waals surface area contributed by atoms with Crippen molar-refractivity contribution in [2.75, 3.05) is 5.73 Å². The molecule has 6 nitrogen and oxygen atoms in total. The van der Waals surface area contributed by atoms with E-state index in [-0.39, 0.29) is 11.6 Å². The van der Waals surface area contributed by atoms with Gasteiger partial charge < -0.3 is 5.73 Å². The highest BCUT2D eigenvalue weighted by molar-refractivity contribution is 5.81. The second-order valence-corrected chi connectivity index (χ2v) is 7.40. The van der Waals surface area contributed by atoms with Gasteiger partial charge in [0, 0.05) is 11.6 Å². The molecule has 0 fully saturated rings. The van der Waals surface area contributed by atoms with E-state index >= 15 is 0 Å². The first-order valence-electron chi connectivity index (χ1n) is 10.1. The molecule has 6 heteroatoms. The van der Waals surface area contributed by atoms with Crippen LogP contribution in [0.25, 0.3) is 34.8 Å². The third kappa shape index (κ3) is 4.43. The Kier molecular flexibility index (Phi) is 5.71. The molecule has 0 amide bonds. The van der Waals surface area contributed by atoms with Crippen molar-refractivity contribution in [1.82, 2.24) is 19.7 Å². The van der Waals surface area contributed by atoms with Crippen LogP contribution in [0.4, 0.5) is 5.82 Å². The number of hydrogen-bond acceptors (Lipinski definition) is 5. The minimum atomic E-state index is -0.160.